The molecule has 19 nitrogen and oxygen atoms in total. The highest BCUT2D eigenvalue weighted by molar-refractivity contribution is 9.10. The Kier molecular flexibility index (Phi) is 21.6. The molecule has 3 aromatic rings. The number of ether oxygens (including phenoxy) is 5. The Bertz CT molecular complexity index is 2400. The number of amides is 1. The molecule has 1 aromatic heterocycles. The average Bonchev–Trinajstić information content (AvgIpc) is 3.92. The van der Waals surface area contributed by atoms with Gasteiger partial charge in [-0.15, -0.1) is 0 Å². The number of aliphatic hydroxyl groups excluding tert-OH is 2. The standard InChI is InChI=1S/C51H64BrN5O14/c1-30(58)13-9-6-7-12-16-37-38(42(60)29-41(37)59)20-19-36(18-17-35-14-10-8-11-15-35)71-44(62)24-23-43(61)67-32(3)48(64)69-34(5)50(66)70-33(4)49(65)68-31(2)47(63)57-28-27-55-51(57)56-39-21-22-40-46(45(39)52)54-26-25-53-40/h7-8,10-12,14-15,21-22,25-26,31-34,36-38,41-42,59-60H,6,9,13,16-20,23-24,27-29H2,1-5H3,(H,55,56)/b12-7-/t31?,32?,33?,34?,36-,37+,38+,41-,42+/m0/s1. The van der Waals surface area contributed by atoms with Crippen molar-refractivity contribution in [3.05, 3.63) is 77.0 Å². The van der Waals surface area contributed by atoms with Crippen LogP contribution in [0, 0.1) is 11.8 Å². The van der Waals surface area contributed by atoms with Crippen LogP contribution in [0.4, 0.5) is 5.69 Å². The molecule has 2 aliphatic rings. The van der Waals surface area contributed by atoms with Crippen molar-refractivity contribution in [1.29, 1.82) is 0 Å². The van der Waals surface area contributed by atoms with E-state index in [1.54, 1.807) is 31.5 Å². The van der Waals surface area contributed by atoms with E-state index in [0.29, 0.717) is 66.3 Å². The summed E-state index contributed by atoms with van der Waals surface area (Å²) in [5.74, 6) is -5.45. The summed E-state index contributed by atoms with van der Waals surface area (Å²) in [5.41, 5.74) is 2.87. The number of ketones is 1. The van der Waals surface area contributed by atoms with Gasteiger partial charge in [0.2, 0.25) is 5.96 Å². The number of unbranched alkanes of at least 4 members (excludes halogenated alkanes) is 1. The van der Waals surface area contributed by atoms with E-state index >= 15 is 0 Å². The first-order chi connectivity index (χ1) is 33.9. The molecule has 0 radical (unpaired) electrons. The molecule has 0 saturated heterocycles. The lowest BCUT2D eigenvalue weighted by atomic mass is 9.85. The number of allylic oxidation sites excluding steroid dienone is 2. The molecule has 1 fully saturated rings. The maximum Gasteiger partial charge on any atom is 0.347 e. The number of esters is 5. The van der Waals surface area contributed by atoms with Crippen LogP contribution in [0.5, 0.6) is 0 Å². The normalized spacial score (nSPS) is 19.8. The van der Waals surface area contributed by atoms with Crippen molar-refractivity contribution in [2.24, 2.45) is 16.8 Å². The van der Waals surface area contributed by atoms with E-state index in [1.165, 1.54) is 32.6 Å². The van der Waals surface area contributed by atoms with E-state index in [0.717, 1.165) is 18.4 Å². The van der Waals surface area contributed by atoms with Crippen molar-refractivity contribution in [1.82, 2.24) is 14.9 Å². The van der Waals surface area contributed by atoms with Gasteiger partial charge < -0.3 is 44.0 Å². The minimum atomic E-state index is -1.54. The minimum Gasteiger partial charge on any atom is -0.462 e. The topological polar surface area (TPSA) is 260 Å². The molecule has 3 N–H and O–H groups in total. The minimum absolute atomic E-state index is 0.136. The smallest absolute Gasteiger partial charge is 0.347 e. The Hall–Kier alpha value is -6.12. The van der Waals surface area contributed by atoms with E-state index in [4.69, 9.17) is 23.7 Å². The zero-order valence-electron chi connectivity index (χ0n) is 40.7. The number of nitrogens with zero attached hydrogens (tertiary/aromatic N) is 4. The summed E-state index contributed by atoms with van der Waals surface area (Å²) < 4.78 is 27.3. The maximum atomic E-state index is 13.4. The predicted octanol–water partition coefficient (Wildman–Crippen LogP) is 5.90. The van der Waals surface area contributed by atoms with Gasteiger partial charge in [-0.25, -0.2) is 14.4 Å². The fourth-order valence-electron chi connectivity index (χ4n) is 8.28. The number of halogens is 1. The number of hydrogen-bond donors (Lipinski definition) is 3. The number of benzene rings is 2. The van der Waals surface area contributed by atoms with Gasteiger partial charge in [-0.3, -0.25) is 34.2 Å². The number of anilines is 1. The first-order valence-corrected chi connectivity index (χ1v) is 24.8. The highest BCUT2D eigenvalue weighted by Crippen LogP contribution is 2.39. The largest absolute Gasteiger partial charge is 0.462 e. The lowest BCUT2D eigenvalue weighted by Gasteiger charge is -2.25. The van der Waals surface area contributed by atoms with Crippen molar-refractivity contribution in [3.8, 4) is 0 Å². The van der Waals surface area contributed by atoms with Gasteiger partial charge >= 0.3 is 29.8 Å². The van der Waals surface area contributed by atoms with Crippen LogP contribution in [0.2, 0.25) is 0 Å². The Morgan fingerprint density at radius 1 is 0.761 bits per heavy atom. The van der Waals surface area contributed by atoms with Crippen molar-refractivity contribution >= 4 is 80.1 Å². The third-order valence-electron chi connectivity index (χ3n) is 12.2. The summed E-state index contributed by atoms with van der Waals surface area (Å²) in [7, 11) is 0. The number of aryl methyl sites for hydroxylation is 1. The summed E-state index contributed by atoms with van der Waals surface area (Å²) in [6, 6.07) is 13.2. The number of fused-ring (bicyclic) bond motifs is 1. The highest BCUT2D eigenvalue weighted by Gasteiger charge is 2.41. The van der Waals surface area contributed by atoms with E-state index in [2.05, 4.69) is 36.2 Å². The van der Waals surface area contributed by atoms with Gasteiger partial charge in [-0.2, -0.15) is 0 Å². The first-order valence-electron chi connectivity index (χ1n) is 24.0. The van der Waals surface area contributed by atoms with E-state index in [-0.39, 0.29) is 43.0 Å². The quantitative estimate of drug-likeness (QED) is 0.0386. The maximum absolute atomic E-state index is 13.4. The molecule has 2 heterocycles. The molecule has 4 unspecified atom stereocenters. The van der Waals surface area contributed by atoms with Crippen LogP contribution in [0.25, 0.3) is 11.0 Å². The number of carbonyl (C=O) groups is 7. The Labute approximate surface area is 421 Å². The van der Waals surface area contributed by atoms with Gasteiger partial charge in [-0.05, 0) is 131 Å². The molecule has 5 rings (SSSR count). The lowest BCUT2D eigenvalue weighted by molar-refractivity contribution is -0.183. The van der Waals surface area contributed by atoms with E-state index in [9.17, 15) is 43.8 Å². The molecule has 1 aliphatic heterocycles. The molecule has 384 valence electrons. The van der Waals surface area contributed by atoms with Gasteiger partial charge in [0.15, 0.2) is 24.4 Å². The Balaban J connectivity index is 1.03. The second-order valence-corrected chi connectivity index (χ2v) is 18.5. The number of guanidine groups is 1. The number of nitrogens with one attached hydrogen (secondary N) is 1. The summed E-state index contributed by atoms with van der Waals surface area (Å²) in [4.78, 5) is 103. The second kappa shape index (κ2) is 27.5. The molecule has 71 heavy (non-hydrogen) atoms. The summed E-state index contributed by atoms with van der Waals surface area (Å²) >= 11 is 3.52. The van der Waals surface area contributed by atoms with Crippen LogP contribution in [0.3, 0.4) is 0 Å². The van der Waals surface area contributed by atoms with Crippen molar-refractivity contribution < 1.29 is 67.5 Å². The Morgan fingerprint density at radius 2 is 1.38 bits per heavy atom. The third-order valence-corrected chi connectivity index (χ3v) is 13.0. The lowest BCUT2D eigenvalue weighted by Crippen LogP contribution is -2.45. The third kappa shape index (κ3) is 17.0. The van der Waals surface area contributed by atoms with Crippen molar-refractivity contribution in [2.45, 2.75) is 148 Å². The first kappa shape index (κ1) is 55.8. The second-order valence-electron chi connectivity index (χ2n) is 17.8. The number of rotatable bonds is 25. The average molecular weight is 1050 g/mol. The fourth-order valence-corrected chi connectivity index (χ4v) is 8.81. The molecule has 1 saturated carbocycles. The zero-order chi connectivity index (χ0) is 51.6. The molecule has 0 spiro atoms. The van der Waals surface area contributed by atoms with E-state index in [1.807, 2.05) is 42.5 Å². The number of Topliss-reactive ketones (excluding diaryl/α,β-unsaturated/α-hetero) is 1. The van der Waals surface area contributed by atoms with Crippen LogP contribution >= 0.6 is 15.9 Å². The summed E-state index contributed by atoms with van der Waals surface area (Å²) in [6.07, 6.45) is 3.34. The van der Waals surface area contributed by atoms with Crippen LogP contribution in [-0.2, 0) is 63.7 Å². The highest BCUT2D eigenvalue weighted by atomic mass is 79.9. The van der Waals surface area contributed by atoms with Crippen molar-refractivity contribution in [2.75, 3.05) is 18.4 Å². The van der Waals surface area contributed by atoms with Crippen molar-refractivity contribution in [3.63, 3.8) is 0 Å². The zero-order valence-corrected chi connectivity index (χ0v) is 42.3. The van der Waals surface area contributed by atoms with Gasteiger partial charge in [0.05, 0.1) is 47.3 Å². The fraction of sp³-hybridized carbons (Fsp3) is 0.529. The number of aliphatic imine (C=N–C) groups is 1. The molecule has 1 amide bonds. The number of aliphatic hydroxyl groups is 2. The van der Waals surface area contributed by atoms with Crippen LogP contribution in [0.1, 0.15) is 104 Å². The summed E-state index contributed by atoms with van der Waals surface area (Å²) in [6.45, 7) is 7.07. The monoisotopic (exact) mass is 1050 g/mol. The van der Waals surface area contributed by atoms with Crippen LogP contribution in [0.15, 0.2) is 76.5 Å². The molecule has 0 bridgehead atoms. The Morgan fingerprint density at radius 3 is 2.06 bits per heavy atom. The van der Waals surface area contributed by atoms with Gasteiger partial charge in [0, 0.05) is 25.4 Å². The van der Waals surface area contributed by atoms with E-state index < -0.39 is 84.9 Å². The van der Waals surface area contributed by atoms with Gasteiger partial charge in [0.25, 0.3) is 5.91 Å². The number of hydrogen-bond acceptors (Lipinski definition) is 18. The predicted molar refractivity (Wildman–Crippen MR) is 262 cm³/mol. The number of carbonyl (C=O) groups excluding carboxylic acids is 7. The van der Waals surface area contributed by atoms with Gasteiger partial charge in [0.1, 0.15) is 17.4 Å². The summed E-state index contributed by atoms with van der Waals surface area (Å²) in [5, 5.41) is 24.8. The molecular weight excluding hydrogens is 986 g/mol. The number of aromatic nitrogens is 2. The van der Waals surface area contributed by atoms with Crippen LogP contribution < -0.4 is 5.32 Å². The molecule has 1 aliphatic carbocycles. The molecule has 9 atom stereocenters. The van der Waals surface area contributed by atoms with Crippen LogP contribution in [-0.4, -0.2) is 128 Å². The molecular formula is C51H64BrN5O14. The van der Waals surface area contributed by atoms with Gasteiger partial charge in [-0.1, -0.05) is 42.5 Å². The molecule has 20 heteroatoms. The SMILES string of the molecule is CC(=O)CCC/C=C\C[C@@H]1[C@@H](CC[C@H](CCc2ccccc2)OC(=O)CCC(=O)OC(C)C(=O)OC(C)C(=O)OC(C)C(=O)OC(C)C(=O)N2CCN=C2Nc2ccc3nccnc3c2Br)[C@H](O)C[C@@H]1O. The molecule has 2 aromatic carbocycles.